The Morgan fingerprint density at radius 3 is 2.27 bits per heavy atom. The van der Waals surface area contributed by atoms with E-state index in [1.54, 1.807) is 12.0 Å². The van der Waals surface area contributed by atoms with Crippen LogP contribution in [0.5, 0.6) is 5.75 Å². The largest absolute Gasteiger partial charge is 0.497 e. The molecule has 0 saturated carbocycles. The molecule has 0 unspecified atom stereocenters. The van der Waals surface area contributed by atoms with Crippen molar-refractivity contribution in [1.82, 2.24) is 10.2 Å². The van der Waals surface area contributed by atoms with Crippen LogP contribution < -0.4 is 10.1 Å². The molecule has 0 aromatic heterocycles. The van der Waals surface area contributed by atoms with Crippen molar-refractivity contribution in [3.8, 4) is 5.75 Å². The SMILES string of the molecule is CCCCCNC(=O)[C@H](Cc1ccccc1)N(Cc1ccc(OC)cc1)C(=O)CC. The Hall–Kier alpha value is -2.82. The Labute approximate surface area is 180 Å². The summed E-state index contributed by atoms with van der Waals surface area (Å²) in [6, 6.07) is 16.9. The average Bonchev–Trinajstić information content (AvgIpc) is 2.79. The number of methoxy groups -OCH3 is 1. The zero-order chi connectivity index (χ0) is 21.8. The minimum Gasteiger partial charge on any atom is -0.497 e. The molecule has 0 radical (unpaired) electrons. The first-order chi connectivity index (χ1) is 14.6. The predicted octanol–water partition coefficient (Wildman–Crippen LogP) is 4.35. The second-order valence-electron chi connectivity index (χ2n) is 7.43. The quantitative estimate of drug-likeness (QED) is 0.529. The van der Waals surface area contributed by atoms with Crippen molar-refractivity contribution in [3.05, 3.63) is 65.7 Å². The Kier molecular flexibility index (Phi) is 9.92. The van der Waals surface area contributed by atoms with Crippen molar-refractivity contribution in [3.63, 3.8) is 0 Å². The monoisotopic (exact) mass is 410 g/mol. The second-order valence-corrected chi connectivity index (χ2v) is 7.43. The number of nitrogens with zero attached hydrogens (tertiary/aromatic N) is 1. The van der Waals surface area contributed by atoms with E-state index in [0.29, 0.717) is 25.9 Å². The lowest BCUT2D eigenvalue weighted by atomic mass is 10.0. The van der Waals surface area contributed by atoms with Crippen LogP contribution in [0.2, 0.25) is 0 Å². The van der Waals surface area contributed by atoms with Crippen molar-refractivity contribution in [2.45, 2.75) is 58.5 Å². The lowest BCUT2D eigenvalue weighted by molar-refractivity contribution is -0.141. The van der Waals surface area contributed by atoms with Gasteiger partial charge in [-0.2, -0.15) is 0 Å². The van der Waals surface area contributed by atoms with Crippen LogP contribution in [0.25, 0.3) is 0 Å². The molecule has 0 aliphatic rings. The third kappa shape index (κ3) is 7.21. The van der Waals surface area contributed by atoms with Gasteiger partial charge in [0.05, 0.1) is 7.11 Å². The molecule has 2 rings (SSSR count). The van der Waals surface area contributed by atoms with Crippen molar-refractivity contribution in [2.75, 3.05) is 13.7 Å². The highest BCUT2D eigenvalue weighted by Crippen LogP contribution is 2.18. The van der Waals surface area contributed by atoms with Gasteiger partial charge >= 0.3 is 0 Å². The number of benzene rings is 2. The number of ether oxygens (including phenoxy) is 1. The number of nitrogens with one attached hydrogen (secondary N) is 1. The lowest BCUT2D eigenvalue weighted by Crippen LogP contribution is -2.50. The molecule has 5 nitrogen and oxygen atoms in total. The third-order valence-corrected chi connectivity index (χ3v) is 5.17. The van der Waals surface area contributed by atoms with Crippen molar-refractivity contribution < 1.29 is 14.3 Å². The summed E-state index contributed by atoms with van der Waals surface area (Å²) in [6.07, 6.45) is 3.96. The van der Waals surface area contributed by atoms with Crippen LogP contribution in [-0.2, 0) is 22.6 Å². The van der Waals surface area contributed by atoms with Gasteiger partial charge < -0.3 is 15.0 Å². The summed E-state index contributed by atoms with van der Waals surface area (Å²) in [5.41, 5.74) is 2.00. The van der Waals surface area contributed by atoms with Crippen LogP contribution in [0.3, 0.4) is 0 Å². The van der Waals surface area contributed by atoms with Crippen molar-refractivity contribution in [2.24, 2.45) is 0 Å². The molecule has 0 aliphatic carbocycles. The van der Waals surface area contributed by atoms with Gasteiger partial charge in [0, 0.05) is 25.9 Å². The zero-order valence-corrected chi connectivity index (χ0v) is 18.4. The van der Waals surface area contributed by atoms with Gasteiger partial charge in [-0.1, -0.05) is 69.2 Å². The molecule has 0 bridgehead atoms. The Bertz CT molecular complexity index is 775. The summed E-state index contributed by atoms with van der Waals surface area (Å²) in [4.78, 5) is 27.7. The number of carbonyl (C=O) groups is 2. The summed E-state index contributed by atoms with van der Waals surface area (Å²) in [5.74, 6) is 0.641. The molecule has 0 heterocycles. The molecule has 0 fully saturated rings. The molecular formula is C25H34N2O3. The molecular weight excluding hydrogens is 376 g/mol. The molecule has 2 aromatic rings. The summed E-state index contributed by atoms with van der Waals surface area (Å²) >= 11 is 0. The number of amides is 2. The molecule has 2 amide bonds. The fraction of sp³-hybridized carbons (Fsp3) is 0.440. The first-order valence-electron chi connectivity index (χ1n) is 10.8. The van der Waals surface area contributed by atoms with E-state index in [0.717, 1.165) is 36.1 Å². The van der Waals surface area contributed by atoms with E-state index < -0.39 is 6.04 Å². The second kappa shape index (κ2) is 12.7. The van der Waals surface area contributed by atoms with E-state index in [4.69, 9.17) is 4.74 Å². The van der Waals surface area contributed by atoms with E-state index in [1.807, 2.05) is 61.5 Å². The summed E-state index contributed by atoms with van der Waals surface area (Å²) in [6.45, 7) is 4.99. The van der Waals surface area contributed by atoms with E-state index >= 15 is 0 Å². The first kappa shape index (κ1) is 23.5. The van der Waals surface area contributed by atoms with Gasteiger partial charge in [-0.25, -0.2) is 0 Å². The van der Waals surface area contributed by atoms with Crippen LogP contribution in [0.15, 0.2) is 54.6 Å². The molecule has 1 N–H and O–H groups in total. The highest BCUT2D eigenvalue weighted by molar-refractivity contribution is 5.87. The fourth-order valence-electron chi connectivity index (χ4n) is 3.39. The average molecular weight is 411 g/mol. The fourth-order valence-corrected chi connectivity index (χ4v) is 3.39. The molecule has 0 aliphatic heterocycles. The minimum absolute atomic E-state index is 0.0320. The van der Waals surface area contributed by atoms with E-state index in [9.17, 15) is 9.59 Å². The van der Waals surface area contributed by atoms with Crippen LogP contribution in [0.4, 0.5) is 0 Å². The maximum absolute atomic E-state index is 13.1. The highest BCUT2D eigenvalue weighted by atomic mass is 16.5. The molecule has 162 valence electrons. The van der Waals surface area contributed by atoms with E-state index in [-0.39, 0.29) is 11.8 Å². The van der Waals surface area contributed by atoms with Gasteiger partial charge in [0.25, 0.3) is 0 Å². The van der Waals surface area contributed by atoms with Crippen molar-refractivity contribution >= 4 is 11.8 Å². The molecule has 30 heavy (non-hydrogen) atoms. The van der Waals surface area contributed by atoms with Crippen LogP contribution in [0, 0.1) is 0 Å². The van der Waals surface area contributed by atoms with Crippen LogP contribution in [0.1, 0.15) is 50.7 Å². The molecule has 5 heteroatoms. The molecule has 1 atom stereocenters. The van der Waals surface area contributed by atoms with Gasteiger partial charge in [0.2, 0.25) is 11.8 Å². The van der Waals surface area contributed by atoms with Gasteiger partial charge in [0.1, 0.15) is 11.8 Å². The third-order valence-electron chi connectivity index (χ3n) is 5.17. The standard InChI is InChI=1S/C25H34N2O3/c1-4-6-10-17-26-25(29)23(18-20-11-8-7-9-12-20)27(24(28)5-2)19-21-13-15-22(30-3)16-14-21/h7-9,11-16,23H,4-6,10,17-19H2,1-3H3,(H,26,29)/t23-/m0/s1. The number of unbranched alkanes of at least 4 members (excludes halogenated alkanes) is 2. The Morgan fingerprint density at radius 1 is 0.967 bits per heavy atom. The maximum atomic E-state index is 13.1. The highest BCUT2D eigenvalue weighted by Gasteiger charge is 2.29. The summed E-state index contributed by atoms with van der Waals surface area (Å²) < 4.78 is 5.23. The smallest absolute Gasteiger partial charge is 0.243 e. The topological polar surface area (TPSA) is 58.6 Å². The number of rotatable bonds is 12. The van der Waals surface area contributed by atoms with E-state index in [1.165, 1.54) is 0 Å². The number of hydrogen-bond acceptors (Lipinski definition) is 3. The Morgan fingerprint density at radius 2 is 1.67 bits per heavy atom. The molecule has 0 saturated heterocycles. The predicted molar refractivity (Wildman–Crippen MR) is 120 cm³/mol. The zero-order valence-electron chi connectivity index (χ0n) is 18.4. The first-order valence-corrected chi connectivity index (χ1v) is 10.8. The van der Waals surface area contributed by atoms with Gasteiger partial charge in [-0.3, -0.25) is 9.59 Å². The maximum Gasteiger partial charge on any atom is 0.243 e. The van der Waals surface area contributed by atoms with Gasteiger partial charge in [-0.15, -0.1) is 0 Å². The summed E-state index contributed by atoms with van der Waals surface area (Å²) in [5, 5.41) is 3.05. The number of hydrogen-bond donors (Lipinski definition) is 1. The minimum atomic E-state index is -0.552. The van der Waals surface area contributed by atoms with Gasteiger partial charge in [0.15, 0.2) is 0 Å². The normalized spacial score (nSPS) is 11.6. The van der Waals surface area contributed by atoms with Crippen LogP contribution in [-0.4, -0.2) is 36.4 Å². The van der Waals surface area contributed by atoms with Crippen LogP contribution >= 0.6 is 0 Å². The summed E-state index contributed by atoms with van der Waals surface area (Å²) in [7, 11) is 1.63. The van der Waals surface area contributed by atoms with E-state index in [2.05, 4.69) is 12.2 Å². The molecule has 2 aromatic carbocycles. The lowest BCUT2D eigenvalue weighted by Gasteiger charge is -2.31. The Balaban J connectivity index is 2.25. The molecule has 0 spiro atoms. The number of carbonyl (C=O) groups excluding carboxylic acids is 2. The van der Waals surface area contributed by atoms with Gasteiger partial charge in [-0.05, 0) is 29.7 Å². The van der Waals surface area contributed by atoms with Crippen molar-refractivity contribution in [1.29, 1.82) is 0 Å².